The van der Waals surface area contributed by atoms with E-state index in [0.29, 0.717) is 5.75 Å². The van der Waals surface area contributed by atoms with Crippen molar-refractivity contribution in [1.29, 1.82) is 0 Å². The molecule has 106 valence electrons. The predicted molar refractivity (Wildman–Crippen MR) is 69.5 cm³/mol. The molecule has 0 aliphatic carbocycles. The number of hydrogen-bond acceptors (Lipinski definition) is 5. The first-order valence-corrected chi connectivity index (χ1v) is 7.18. The van der Waals surface area contributed by atoms with Gasteiger partial charge >= 0.3 is 0 Å². The van der Waals surface area contributed by atoms with Gasteiger partial charge in [-0.1, -0.05) is 0 Å². The van der Waals surface area contributed by atoms with Gasteiger partial charge in [-0.15, -0.1) is 0 Å². The lowest BCUT2D eigenvalue weighted by atomic mass is 10.3. The molecule has 19 heavy (non-hydrogen) atoms. The van der Waals surface area contributed by atoms with Gasteiger partial charge in [-0.3, -0.25) is 4.79 Å². The van der Waals surface area contributed by atoms with E-state index in [1.165, 1.54) is 31.3 Å². The normalized spacial score (nSPS) is 11.0. The van der Waals surface area contributed by atoms with Crippen molar-refractivity contribution < 1.29 is 23.1 Å². The molecule has 0 aromatic heterocycles. The van der Waals surface area contributed by atoms with Crippen molar-refractivity contribution in [3.05, 3.63) is 24.3 Å². The Kier molecular flexibility index (Phi) is 5.58. The molecule has 0 unspecified atom stereocenters. The fourth-order valence-corrected chi connectivity index (χ4v) is 1.74. The first kappa shape index (κ1) is 15.3. The number of phenols is 1. The number of rotatable bonds is 7. The average molecular weight is 288 g/mol. The molecular weight excluding hydrogens is 272 g/mol. The third-order valence-corrected chi connectivity index (χ3v) is 3.57. The van der Waals surface area contributed by atoms with Gasteiger partial charge in [-0.05, 0) is 31.3 Å². The fraction of sp³-hybridized carbons (Fsp3) is 0.364. The van der Waals surface area contributed by atoms with E-state index in [1.54, 1.807) is 0 Å². The van der Waals surface area contributed by atoms with Crippen molar-refractivity contribution in [3.63, 3.8) is 0 Å². The van der Waals surface area contributed by atoms with Crippen LogP contribution >= 0.6 is 0 Å². The lowest BCUT2D eigenvalue weighted by Crippen LogP contribution is -2.35. The highest BCUT2D eigenvalue weighted by molar-refractivity contribution is 7.89. The van der Waals surface area contributed by atoms with Crippen molar-refractivity contribution in [3.8, 4) is 11.5 Å². The maximum atomic E-state index is 11.4. The second-order valence-electron chi connectivity index (χ2n) is 3.66. The molecule has 0 spiro atoms. The van der Waals surface area contributed by atoms with Gasteiger partial charge in [-0.25, -0.2) is 13.1 Å². The second kappa shape index (κ2) is 6.95. The Balaban J connectivity index is 2.27. The number of hydrogen-bond donors (Lipinski definition) is 3. The number of phenolic OH excluding ortho intramolecular Hbond substituents is 1. The number of sulfonamides is 1. The molecule has 1 aromatic carbocycles. The van der Waals surface area contributed by atoms with E-state index >= 15 is 0 Å². The summed E-state index contributed by atoms with van der Waals surface area (Å²) in [6, 6.07) is 5.92. The first-order chi connectivity index (χ1) is 8.93. The summed E-state index contributed by atoms with van der Waals surface area (Å²) in [7, 11) is -2.01. The van der Waals surface area contributed by atoms with Crippen LogP contribution in [0.5, 0.6) is 11.5 Å². The Morgan fingerprint density at radius 1 is 1.32 bits per heavy atom. The average Bonchev–Trinajstić information content (AvgIpc) is 2.38. The van der Waals surface area contributed by atoms with Crippen molar-refractivity contribution in [1.82, 2.24) is 10.0 Å². The highest BCUT2D eigenvalue weighted by Gasteiger charge is 2.08. The van der Waals surface area contributed by atoms with Crippen LogP contribution in [0, 0.1) is 0 Å². The minimum absolute atomic E-state index is 0.0148. The lowest BCUT2D eigenvalue weighted by Gasteiger charge is -2.07. The van der Waals surface area contributed by atoms with Crippen LogP contribution in [0.3, 0.4) is 0 Å². The zero-order chi connectivity index (χ0) is 14.3. The minimum Gasteiger partial charge on any atom is -0.508 e. The van der Waals surface area contributed by atoms with Crippen molar-refractivity contribution in [2.45, 2.75) is 0 Å². The molecule has 1 aromatic rings. The van der Waals surface area contributed by atoms with E-state index in [9.17, 15) is 13.2 Å². The standard InChI is InChI=1S/C11H16N2O5S/c1-12-19(16,17)7-6-13-11(15)8-18-10-4-2-9(14)3-5-10/h2-5,12,14H,6-8H2,1H3,(H,13,15). The zero-order valence-electron chi connectivity index (χ0n) is 10.4. The van der Waals surface area contributed by atoms with Gasteiger partial charge in [0.25, 0.3) is 5.91 Å². The Morgan fingerprint density at radius 3 is 2.53 bits per heavy atom. The van der Waals surface area contributed by atoms with Crippen LogP contribution in [0.4, 0.5) is 0 Å². The van der Waals surface area contributed by atoms with Gasteiger partial charge in [0.2, 0.25) is 10.0 Å². The van der Waals surface area contributed by atoms with E-state index in [1.807, 2.05) is 0 Å². The van der Waals surface area contributed by atoms with Gasteiger partial charge in [0.05, 0.1) is 5.75 Å². The van der Waals surface area contributed by atoms with Gasteiger partial charge in [0.15, 0.2) is 6.61 Å². The van der Waals surface area contributed by atoms with E-state index in [2.05, 4.69) is 10.0 Å². The molecule has 0 saturated carbocycles. The SMILES string of the molecule is CNS(=O)(=O)CCNC(=O)COc1ccc(O)cc1. The van der Waals surface area contributed by atoms with Gasteiger partial charge in [-0.2, -0.15) is 0 Å². The minimum atomic E-state index is -3.32. The summed E-state index contributed by atoms with van der Waals surface area (Å²) in [4.78, 5) is 11.4. The molecule has 1 rings (SSSR count). The molecule has 7 nitrogen and oxygen atoms in total. The van der Waals surface area contributed by atoms with Crippen LogP contribution in [0.1, 0.15) is 0 Å². The molecule has 0 aliphatic heterocycles. The van der Waals surface area contributed by atoms with Crippen LogP contribution in [0.25, 0.3) is 0 Å². The number of benzene rings is 1. The van der Waals surface area contributed by atoms with Crippen LogP contribution in [-0.2, 0) is 14.8 Å². The van der Waals surface area contributed by atoms with Crippen LogP contribution < -0.4 is 14.8 Å². The summed E-state index contributed by atoms with van der Waals surface area (Å²) >= 11 is 0. The number of carbonyl (C=O) groups is 1. The quantitative estimate of drug-likeness (QED) is 0.623. The van der Waals surface area contributed by atoms with Crippen LogP contribution in [0.15, 0.2) is 24.3 Å². The molecule has 0 heterocycles. The number of carbonyl (C=O) groups excluding carboxylic acids is 1. The summed E-state index contributed by atoms with van der Waals surface area (Å²) < 4.78 is 29.4. The third-order valence-electron chi connectivity index (χ3n) is 2.21. The number of nitrogens with one attached hydrogen (secondary N) is 2. The summed E-state index contributed by atoms with van der Waals surface area (Å²) in [5, 5.41) is 11.5. The zero-order valence-corrected chi connectivity index (χ0v) is 11.2. The summed E-state index contributed by atoms with van der Waals surface area (Å²) in [5.74, 6) is -0.0571. The molecule has 0 atom stereocenters. The van der Waals surface area contributed by atoms with Gasteiger partial charge in [0.1, 0.15) is 11.5 Å². The number of ether oxygens (including phenoxy) is 1. The summed E-state index contributed by atoms with van der Waals surface area (Å²) in [6.07, 6.45) is 0. The maximum absolute atomic E-state index is 11.4. The van der Waals surface area contributed by atoms with Crippen LogP contribution in [-0.4, -0.2) is 45.4 Å². The van der Waals surface area contributed by atoms with Gasteiger partial charge in [0, 0.05) is 6.54 Å². The van der Waals surface area contributed by atoms with Crippen molar-refractivity contribution >= 4 is 15.9 Å². The van der Waals surface area contributed by atoms with Crippen LogP contribution in [0.2, 0.25) is 0 Å². The molecule has 8 heteroatoms. The maximum Gasteiger partial charge on any atom is 0.257 e. The highest BCUT2D eigenvalue weighted by Crippen LogP contribution is 2.15. The Hall–Kier alpha value is -1.80. The van der Waals surface area contributed by atoms with E-state index in [0.717, 1.165) is 0 Å². The van der Waals surface area contributed by atoms with E-state index in [-0.39, 0.29) is 24.7 Å². The Bertz CT molecular complexity index is 512. The predicted octanol–water partition coefficient (Wildman–Crippen LogP) is -0.564. The number of aromatic hydroxyl groups is 1. The molecule has 0 saturated heterocycles. The molecular formula is C11H16N2O5S. The molecule has 0 fully saturated rings. The fourth-order valence-electron chi connectivity index (χ4n) is 1.17. The monoisotopic (exact) mass is 288 g/mol. The van der Waals surface area contributed by atoms with Crippen molar-refractivity contribution in [2.75, 3.05) is 26.0 Å². The Morgan fingerprint density at radius 2 is 1.95 bits per heavy atom. The molecule has 0 radical (unpaired) electrons. The largest absolute Gasteiger partial charge is 0.508 e. The third kappa shape index (κ3) is 6.07. The first-order valence-electron chi connectivity index (χ1n) is 5.53. The molecule has 0 aliphatic rings. The highest BCUT2D eigenvalue weighted by atomic mass is 32.2. The van der Waals surface area contributed by atoms with E-state index < -0.39 is 15.9 Å². The smallest absolute Gasteiger partial charge is 0.257 e. The van der Waals surface area contributed by atoms with Crippen molar-refractivity contribution in [2.24, 2.45) is 0 Å². The second-order valence-corrected chi connectivity index (χ2v) is 5.70. The summed E-state index contributed by atoms with van der Waals surface area (Å²) in [6.45, 7) is -0.203. The topological polar surface area (TPSA) is 105 Å². The Labute approximate surface area is 111 Å². The van der Waals surface area contributed by atoms with E-state index in [4.69, 9.17) is 9.84 Å². The molecule has 0 bridgehead atoms. The lowest BCUT2D eigenvalue weighted by molar-refractivity contribution is -0.122. The molecule has 3 N–H and O–H groups in total. The molecule has 1 amide bonds. The number of amides is 1. The van der Waals surface area contributed by atoms with Gasteiger partial charge < -0.3 is 15.2 Å². The summed E-state index contributed by atoms with van der Waals surface area (Å²) in [5.41, 5.74) is 0.